The standard InChI is InChI=1S/C25H45NO2S/c1-20(2)9-6-10-21(3)11-7-12-22(4)13-8-16-25(5,28)24(19-27)29-23-14-17-26-18-15-23/h14-15,17-18,20-22,24,27-28H,6-13,16,19H2,1-5H3. The van der Waals surface area contributed by atoms with Gasteiger partial charge in [-0.2, -0.15) is 0 Å². The highest BCUT2D eigenvalue weighted by Gasteiger charge is 2.32. The number of aliphatic hydroxyl groups excluding tert-OH is 1. The minimum atomic E-state index is -0.868. The predicted octanol–water partition coefficient (Wildman–Crippen LogP) is 6.72. The third-order valence-corrected chi connectivity index (χ3v) is 7.53. The van der Waals surface area contributed by atoms with Crippen LogP contribution in [-0.4, -0.2) is 32.7 Å². The Labute approximate surface area is 184 Å². The highest BCUT2D eigenvalue weighted by atomic mass is 32.2. The normalized spacial score (nSPS) is 17.1. The molecule has 2 N–H and O–H groups in total. The quantitative estimate of drug-likeness (QED) is 0.290. The average Bonchev–Trinajstić information content (AvgIpc) is 2.66. The minimum Gasteiger partial charge on any atom is -0.395 e. The van der Waals surface area contributed by atoms with Crippen LogP contribution in [0.25, 0.3) is 0 Å². The van der Waals surface area contributed by atoms with Gasteiger partial charge in [-0.25, -0.2) is 0 Å². The van der Waals surface area contributed by atoms with E-state index in [0.717, 1.165) is 36.0 Å². The first-order valence-electron chi connectivity index (χ1n) is 11.6. The maximum absolute atomic E-state index is 10.9. The lowest BCUT2D eigenvalue weighted by Gasteiger charge is -2.31. The molecule has 1 heterocycles. The zero-order valence-electron chi connectivity index (χ0n) is 19.4. The molecule has 29 heavy (non-hydrogen) atoms. The number of hydrogen-bond acceptors (Lipinski definition) is 4. The minimum absolute atomic E-state index is 0.0236. The van der Waals surface area contributed by atoms with E-state index in [0.29, 0.717) is 5.92 Å². The summed E-state index contributed by atoms with van der Waals surface area (Å²) in [7, 11) is 0. The molecule has 1 rings (SSSR count). The molecule has 0 radical (unpaired) electrons. The molecule has 4 atom stereocenters. The highest BCUT2D eigenvalue weighted by molar-refractivity contribution is 8.00. The average molecular weight is 424 g/mol. The molecule has 0 aliphatic rings. The van der Waals surface area contributed by atoms with Crippen molar-refractivity contribution < 1.29 is 10.2 Å². The summed E-state index contributed by atoms with van der Waals surface area (Å²) in [5.41, 5.74) is -0.868. The first-order chi connectivity index (χ1) is 13.7. The lowest BCUT2D eigenvalue weighted by atomic mass is 9.89. The fourth-order valence-corrected chi connectivity index (χ4v) is 4.94. The molecule has 0 bridgehead atoms. The van der Waals surface area contributed by atoms with Crippen LogP contribution >= 0.6 is 11.8 Å². The SMILES string of the molecule is CC(C)CCCC(C)CCCC(C)CCCC(C)(O)C(CO)Sc1ccncc1. The zero-order chi connectivity index (χ0) is 21.7. The number of pyridine rings is 1. The third-order valence-electron chi connectivity index (χ3n) is 6.04. The monoisotopic (exact) mass is 423 g/mol. The van der Waals surface area contributed by atoms with Gasteiger partial charge in [0.15, 0.2) is 0 Å². The van der Waals surface area contributed by atoms with Gasteiger partial charge in [-0.15, -0.1) is 11.8 Å². The second-order valence-corrected chi connectivity index (χ2v) is 11.0. The molecule has 0 aromatic carbocycles. The Bertz CT molecular complexity index is 521. The van der Waals surface area contributed by atoms with Crippen LogP contribution in [0.4, 0.5) is 0 Å². The smallest absolute Gasteiger partial charge is 0.0763 e. The maximum atomic E-state index is 10.9. The fraction of sp³-hybridized carbons (Fsp3) is 0.800. The lowest BCUT2D eigenvalue weighted by Crippen LogP contribution is -2.39. The van der Waals surface area contributed by atoms with Crippen molar-refractivity contribution in [1.29, 1.82) is 0 Å². The van der Waals surface area contributed by atoms with E-state index in [1.165, 1.54) is 50.3 Å². The fourth-order valence-electron chi connectivity index (χ4n) is 3.89. The van der Waals surface area contributed by atoms with Crippen molar-refractivity contribution in [3.05, 3.63) is 24.5 Å². The Morgan fingerprint density at radius 2 is 1.41 bits per heavy atom. The van der Waals surface area contributed by atoms with Crippen LogP contribution in [0.15, 0.2) is 29.4 Å². The lowest BCUT2D eigenvalue weighted by molar-refractivity contribution is 0.0292. The van der Waals surface area contributed by atoms with Gasteiger partial charge in [-0.1, -0.05) is 79.1 Å². The Morgan fingerprint density at radius 3 is 1.93 bits per heavy atom. The zero-order valence-corrected chi connectivity index (χ0v) is 20.3. The van der Waals surface area contributed by atoms with Crippen LogP contribution in [0.2, 0.25) is 0 Å². The van der Waals surface area contributed by atoms with Gasteiger partial charge in [0, 0.05) is 17.3 Å². The topological polar surface area (TPSA) is 53.4 Å². The van der Waals surface area contributed by atoms with Crippen LogP contribution in [-0.2, 0) is 0 Å². The van der Waals surface area contributed by atoms with Crippen LogP contribution in [0.3, 0.4) is 0 Å². The second-order valence-electron chi connectivity index (χ2n) is 9.69. The van der Waals surface area contributed by atoms with Crippen LogP contribution in [0.1, 0.15) is 92.4 Å². The van der Waals surface area contributed by atoms with Gasteiger partial charge >= 0.3 is 0 Å². The van der Waals surface area contributed by atoms with Crippen molar-refractivity contribution in [2.75, 3.05) is 6.61 Å². The molecular weight excluding hydrogens is 378 g/mol. The molecule has 1 aromatic rings. The summed E-state index contributed by atoms with van der Waals surface area (Å²) in [5, 5.41) is 20.5. The molecule has 0 aliphatic heterocycles. The highest BCUT2D eigenvalue weighted by Crippen LogP contribution is 2.33. The van der Waals surface area contributed by atoms with E-state index in [1.807, 2.05) is 19.1 Å². The molecule has 0 spiro atoms. The first kappa shape index (κ1) is 26.5. The number of thioether (sulfide) groups is 1. The van der Waals surface area contributed by atoms with Crippen molar-refractivity contribution in [2.45, 2.75) is 108 Å². The summed E-state index contributed by atoms with van der Waals surface area (Å²) in [6.07, 6.45) is 14.4. The number of aromatic nitrogens is 1. The number of nitrogens with zero attached hydrogens (tertiary/aromatic N) is 1. The number of hydrogen-bond donors (Lipinski definition) is 2. The van der Waals surface area contributed by atoms with E-state index in [2.05, 4.69) is 32.7 Å². The number of aliphatic hydroxyl groups is 2. The van der Waals surface area contributed by atoms with Gasteiger partial charge in [-0.05, 0) is 43.2 Å². The summed E-state index contributed by atoms with van der Waals surface area (Å²) >= 11 is 1.54. The largest absolute Gasteiger partial charge is 0.395 e. The van der Waals surface area contributed by atoms with Crippen molar-refractivity contribution in [3.8, 4) is 0 Å². The van der Waals surface area contributed by atoms with Crippen molar-refractivity contribution >= 4 is 11.8 Å². The van der Waals surface area contributed by atoms with Crippen LogP contribution in [0, 0.1) is 17.8 Å². The summed E-state index contributed by atoms with van der Waals surface area (Å²) in [4.78, 5) is 5.07. The first-order valence-corrected chi connectivity index (χ1v) is 12.5. The molecular formula is C25H45NO2S. The summed E-state index contributed by atoms with van der Waals surface area (Å²) < 4.78 is 0. The maximum Gasteiger partial charge on any atom is 0.0763 e. The van der Waals surface area contributed by atoms with E-state index in [4.69, 9.17) is 0 Å². The molecule has 0 aliphatic carbocycles. The van der Waals surface area contributed by atoms with E-state index in [-0.39, 0.29) is 11.9 Å². The van der Waals surface area contributed by atoms with Gasteiger partial charge in [0.2, 0.25) is 0 Å². The molecule has 4 heteroatoms. The Kier molecular flexibility index (Phi) is 13.2. The Hall–Kier alpha value is -0.580. The molecule has 0 fully saturated rings. The van der Waals surface area contributed by atoms with Crippen molar-refractivity contribution in [3.63, 3.8) is 0 Å². The van der Waals surface area contributed by atoms with Crippen molar-refractivity contribution in [1.82, 2.24) is 4.98 Å². The van der Waals surface area contributed by atoms with Gasteiger partial charge in [0.05, 0.1) is 17.5 Å². The number of rotatable bonds is 16. The Morgan fingerprint density at radius 1 is 0.897 bits per heavy atom. The molecule has 0 saturated carbocycles. The van der Waals surface area contributed by atoms with Gasteiger partial charge < -0.3 is 10.2 Å². The van der Waals surface area contributed by atoms with Gasteiger partial charge in [-0.3, -0.25) is 4.98 Å². The third kappa shape index (κ3) is 12.0. The van der Waals surface area contributed by atoms with E-state index in [9.17, 15) is 10.2 Å². The van der Waals surface area contributed by atoms with Gasteiger partial charge in [0.1, 0.15) is 0 Å². The molecule has 1 aromatic heterocycles. The van der Waals surface area contributed by atoms with Crippen LogP contribution < -0.4 is 0 Å². The molecule has 0 saturated heterocycles. The summed E-state index contributed by atoms with van der Waals surface area (Å²) in [6.45, 7) is 11.2. The molecule has 4 unspecified atom stereocenters. The summed E-state index contributed by atoms with van der Waals surface area (Å²) in [5.74, 6) is 2.37. The molecule has 3 nitrogen and oxygen atoms in total. The van der Waals surface area contributed by atoms with Gasteiger partial charge in [0.25, 0.3) is 0 Å². The predicted molar refractivity (Wildman–Crippen MR) is 126 cm³/mol. The van der Waals surface area contributed by atoms with Crippen molar-refractivity contribution in [2.24, 2.45) is 17.8 Å². The van der Waals surface area contributed by atoms with Crippen LogP contribution in [0.5, 0.6) is 0 Å². The molecule has 168 valence electrons. The second kappa shape index (κ2) is 14.4. The van der Waals surface area contributed by atoms with E-state index < -0.39 is 5.60 Å². The van der Waals surface area contributed by atoms with E-state index >= 15 is 0 Å². The Balaban J connectivity index is 2.24. The summed E-state index contributed by atoms with van der Waals surface area (Å²) in [6, 6.07) is 3.85. The van der Waals surface area contributed by atoms with E-state index in [1.54, 1.807) is 12.4 Å². The molecule has 0 amide bonds.